The molecule has 8 nitrogen and oxygen atoms in total. The van der Waals surface area contributed by atoms with Gasteiger partial charge in [0.2, 0.25) is 0 Å². The predicted octanol–water partition coefficient (Wildman–Crippen LogP) is 3.91. The van der Waals surface area contributed by atoms with E-state index in [4.69, 9.17) is 4.74 Å². The highest BCUT2D eigenvalue weighted by Gasteiger charge is 2.58. The van der Waals surface area contributed by atoms with E-state index < -0.39 is 5.60 Å². The van der Waals surface area contributed by atoms with E-state index in [0.717, 1.165) is 48.7 Å². The Labute approximate surface area is 200 Å². The Morgan fingerprint density at radius 1 is 1.03 bits per heavy atom. The fourth-order valence-electron chi connectivity index (χ4n) is 5.83. The third-order valence-electron chi connectivity index (χ3n) is 7.51. The minimum Gasteiger partial charge on any atom is -0.356 e. The molecule has 3 fully saturated rings. The zero-order valence-corrected chi connectivity index (χ0v) is 19.4. The first-order chi connectivity index (χ1) is 16.7. The molecule has 1 aromatic carbocycles. The van der Waals surface area contributed by atoms with Crippen LogP contribution in [-0.4, -0.2) is 55.3 Å². The van der Waals surface area contributed by atoms with Gasteiger partial charge >= 0.3 is 0 Å². The summed E-state index contributed by atoms with van der Waals surface area (Å²) in [6.45, 7) is 1.46. The molecular formula is C25H24N6O2S. The fourth-order valence-corrected chi connectivity index (χ4v) is 6.38. The minimum atomic E-state index is -0.712. The first-order valence-corrected chi connectivity index (χ1v) is 12.7. The summed E-state index contributed by atoms with van der Waals surface area (Å²) >= 11 is 1.57. The monoisotopic (exact) mass is 472 g/mol. The van der Waals surface area contributed by atoms with E-state index in [-0.39, 0.29) is 18.2 Å². The molecular weight excluding hydrogens is 448 g/mol. The number of fused-ring (bicyclic) bond motifs is 2. The van der Waals surface area contributed by atoms with Gasteiger partial charge in [0.1, 0.15) is 18.4 Å². The van der Waals surface area contributed by atoms with Gasteiger partial charge in [-0.2, -0.15) is 9.61 Å². The molecule has 4 aromatic rings. The summed E-state index contributed by atoms with van der Waals surface area (Å²) in [6, 6.07) is 14.6. The molecule has 172 valence electrons. The number of carbonyl (C=O) groups excluding carboxylic acids is 1. The normalized spacial score (nSPS) is 23.8. The van der Waals surface area contributed by atoms with Gasteiger partial charge in [-0.1, -0.05) is 30.3 Å². The maximum absolute atomic E-state index is 13.7. The number of benzene rings is 1. The molecule has 0 bridgehead atoms. The zero-order valence-electron chi connectivity index (χ0n) is 18.6. The summed E-state index contributed by atoms with van der Waals surface area (Å²) in [5.74, 6) is 1.14. The van der Waals surface area contributed by atoms with Crippen LogP contribution in [-0.2, 0) is 9.53 Å². The van der Waals surface area contributed by atoms with Crippen LogP contribution in [0.5, 0.6) is 0 Å². The number of anilines is 1. The highest BCUT2D eigenvalue weighted by Crippen LogP contribution is 2.48. The van der Waals surface area contributed by atoms with Crippen molar-refractivity contribution in [3.8, 4) is 11.3 Å². The van der Waals surface area contributed by atoms with Crippen molar-refractivity contribution in [2.24, 2.45) is 0 Å². The molecule has 3 saturated heterocycles. The van der Waals surface area contributed by atoms with Crippen molar-refractivity contribution >= 4 is 28.7 Å². The van der Waals surface area contributed by atoms with Gasteiger partial charge in [0.05, 0.1) is 17.2 Å². The predicted molar refractivity (Wildman–Crippen MR) is 128 cm³/mol. The smallest absolute Gasteiger partial charge is 0.257 e. The second kappa shape index (κ2) is 7.61. The number of hydrogen-bond acceptors (Lipinski definition) is 7. The Morgan fingerprint density at radius 3 is 2.68 bits per heavy atom. The van der Waals surface area contributed by atoms with Gasteiger partial charge in [0.25, 0.3) is 5.91 Å². The number of amides is 1. The third kappa shape index (κ3) is 2.93. The van der Waals surface area contributed by atoms with E-state index in [1.165, 1.54) is 5.56 Å². The van der Waals surface area contributed by atoms with Crippen molar-refractivity contribution in [1.82, 2.24) is 24.5 Å². The summed E-state index contributed by atoms with van der Waals surface area (Å²) in [5.41, 5.74) is 4.99. The van der Waals surface area contributed by atoms with Crippen LogP contribution in [0.15, 0.2) is 59.7 Å². The van der Waals surface area contributed by atoms with Crippen LogP contribution in [0.25, 0.3) is 16.9 Å². The second-order valence-corrected chi connectivity index (χ2v) is 9.96. The molecule has 3 aliphatic rings. The molecule has 0 unspecified atom stereocenters. The first-order valence-electron chi connectivity index (χ1n) is 11.8. The van der Waals surface area contributed by atoms with Gasteiger partial charge in [-0.3, -0.25) is 4.79 Å². The molecule has 0 aliphatic carbocycles. The molecule has 3 aromatic heterocycles. The molecule has 2 atom stereocenters. The van der Waals surface area contributed by atoms with Crippen LogP contribution in [0, 0.1) is 0 Å². The molecule has 0 N–H and O–H groups in total. The maximum Gasteiger partial charge on any atom is 0.257 e. The van der Waals surface area contributed by atoms with Crippen molar-refractivity contribution in [1.29, 1.82) is 0 Å². The summed E-state index contributed by atoms with van der Waals surface area (Å²) in [5, 5.41) is 6.51. The van der Waals surface area contributed by atoms with Crippen molar-refractivity contribution in [3.05, 3.63) is 65.2 Å². The van der Waals surface area contributed by atoms with E-state index in [1.807, 2.05) is 38.5 Å². The van der Waals surface area contributed by atoms with E-state index in [9.17, 15) is 4.79 Å². The van der Waals surface area contributed by atoms with Gasteiger partial charge in [-0.15, -0.1) is 11.3 Å². The van der Waals surface area contributed by atoms with Crippen LogP contribution in [0.3, 0.4) is 0 Å². The largest absolute Gasteiger partial charge is 0.356 e. The summed E-state index contributed by atoms with van der Waals surface area (Å²) in [7, 11) is 0. The number of ether oxygens (including phenoxy) is 1. The van der Waals surface area contributed by atoms with Crippen LogP contribution < -0.4 is 4.90 Å². The lowest BCUT2D eigenvalue weighted by Crippen LogP contribution is -2.50. The van der Waals surface area contributed by atoms with Crippen LogP contribution in [0.2, 0.25) is 0 Å². The molecule has 1 amide bonds. The molecule has 3 aliphatic heterocycles. The average Bonchev–Trinajstić information content (AvgIpc) is 3.67. The quantitative estimate of drug-likeness (QED) is 0.450. The lowest BCUT2D eigenvalue weighted by Gasteiger charge is -2.38. The molecule has 9 heteroatoms. The van der Waals surface area contributed by atoms with Crippen LogP contribution in [0.4, 0.5) is 5.82 Å². The summed E-state index contributed by atoms with van der Waals surface area (Å²) in [4.78, 5) is 26.9. The van der Waals surface area contributed by atoms with E-state index in [0.29, 0.717) is 12.8 Å². The van der Waals surface area contributed by atoms with Gasteiger partial charge in [-0.25, -0.2) is 9.97 Å². The minimum absolute atomic E-state index is 0.108. The van der Waals surface area contributed by atoms with Gasteiger partial charge in [0.15, 0.2) is 11.2 Å². The lowest BCUT2D eigenvalue weighted by atomic mass is 9.89. The topological polar surface area (TPSA) is 75.9 Å². The van der Waals surface area contributed by atoms with Crippen molar-refractivity contribution in [2.45, 2.75) is 43.6 Å². The molecule has 7 rings (SSSR count). The molecule has 0 radical (unpaired) electrons. The lowest BCUT2D eigenvalue weighted by molar-refractivity contribution is -0.140. The number of hydrogen-bond donors (Lipinski definition) is 0. The van der Waals surface area contributed by atoms with Gasteiger partial charge in [0, 0.05) is 36.9 Å². The number of nitrogens with zero attached hydrogens (tertiary/aromatic N) is 6. The number of carbonyl (C=O) groups is 1. The second-order valence-electron chi connectivity index (χ2n) is 9.24. The zero-order chi connectivity index (χ0) is 22.7. The number of aromatic nitrogens is 4. The Morgan fingerprint density at radius 2 is 1.88 bits per heavy atom. The van der Waals surface area contributed by atoms with Crippen molar-refractivity contribution in [2.75, 3.05) is 18.0 Å². The highest BCUT2D eigenvalue weighted by atomic mass is 32.1. The number of thiazole rings is 1. The fraction of sp³-hybridized carbons (Fsp3) is 0.360. The SMILES string of the molecule is O=C1N2[C@@H](CC[C@H]2c2ccccc2)OC12CCN(c1ccc(-c3cscn3)c3ncnn13)CC2. The van der Waals surface area contributed by atoms with Crippen LogP contribution in [0.1, 0.15) is 37.3 Å². The standard InChI is InChI=1S/C25H24N6O2S/c32-24-25(33-22-9-7-20(30(22)24)17-4-2-1-3-5-17)10-12-29(13-11-25)21-8-6-18(19-14-34-16-27-19)23-26-15-28-31(21)23/h1-6,8,14-16,20,22H,7,9-13H2/t20-,22+/m0/s1. The summed E-state index contributed by atoms with van der Waals surface area (Å²) in [6.07, 6.45) is 4.67. The molecule has 0 saturated carbocycles. The number of piperidine rings is 1. The van der Waals surface area contributed by atoms with Crippen molar-refractivity contribution < 1.29 is 9.53 Å². The van der Waals surface area contributed by atoms with E-state index >= 15 is 0 Å². The number of pyridine rings is 1. The number of rotatable bonds is 3. The highest BCUT2D eigenvalue weighted by molar-refractivity contribution is 7.07. The Kier molecular flexibility index (Phi) is 4.50. The van der Waals surface area contributed by atoms with E-state index in [1.54, 1.807) is 17.7 Å². The summed E-state index contributed by atoms with van der Waals surface area (Å²) < 4.78 is 8.39. The van der Waals surface area contributed by atoms with E-state index in [2.05, 4.69) is 44.2 Å². The molecule has 1 spiro atoms. The van der Waals surface area contributed by atoms with Crippen molar-refractivity contribution in [3.63, 3.8) is 0 Å². The maximum atomic E-state index is 13.7. The Balaban J connectivity index is 1.13. The van der Waals surface area contributed by atoms with Gasteiger partial charge in [-0.05, 0) is 30.5 Å². The average molecular weight is 473 g/mol. The van der Waals surface area contributed by atoms with Gasteiger partial charge < -0.3 is 14.5 Å². The third-order valence-corrected chi connectivity index (χ3v) is 8.10. The van der Waals surface area contributed by atoms with Crippen LogP contribution >= 0.6 is 11.3 Å². The molecule has 6 heterocycles. The molecule has 34 heavy (non-hydrogen) atoms. The Bertz CT molecular complexity index is 1350. The first kappa shape index (κ1) is 20.1. The Hall–Kier alpha value is -3.30.